The zero-order valence-corrected chi connectivity index (χ0v) is 11.3. The Hall–Kier alpha value is -1.59. The lowest BCUT2D eigenvalue weighted by Gasteiger charge is -2.09. The average molecular weight is 279 g/mol. The Balaban J connectivity index is 1.92. The van der Waals surface area contributed by atoms with E-state index in [1.807, 2.05) is 31.4 Å². The Morgan fingerprint density at radius 1 is 1.33 bits per heavy atom. The van der Waals surface area contributed by atoms with E-state index in [4.69, 9.17) is 11.6 Å². The fourth-order valence-corrected chi connectivity index (χ4v) is 2.62. The second-order valence-electron chi connectivity index (χ2n) is 4.02. The first-order valence-electron chi connectivity index (χ1n) is 5.50. The van der Waals surface area contributed by atoms with Crippen molar-refractivity contribution in [2.24, 2.45) is 7.05 Å². The molecule has 3 rings (SSSR count). The first-order chi connectivity index (χ1) is 8.75. The smallest absolute Gasteiger partial charge is 0.129 e. The molecule has 0 amide bonds. The molecule has 0 spiro atoms. The van der Waals surface area contributed by atoms with Gasteiger partial charge >= 0.3 is 0 Å². The number of halogens is 1. The molecule has 0 fully saturated rings. The maximum absolute atomic E-state index is 6.21. The molecule has 1 aromatic carbocycles. The van der Waals surface area contributed by atoms with Crippen LogP contribution in [0.15, 0.2) is 30.5 Å². The van der Waals surface area contributed by atoms with Crippen LogP contribution in [-0.4, -0.2) is 13.3 Å². The van der Waals surface area contributed by atoms with E-state index in [2.05, 4.69) is 24.7 Å². The van der Waals surface area contributed by atoms with E-state index in [0.29, 0.717) is 11.6 Å². The van der Waals surface area contributed by atoms with Crippen molar-refractivity contribution in [2.45, 2.75) is 6.54 Å². The molecule has 1 N–H and O–H groups in total. The lowest BCUT2D eigenvalue weighted by molar-refractivity contribution is 0.843. The molecule has 0 saturated carbocycles. The lowest BCUT2D eigenvalue weighted by atomic mass is 10.2. The Kier molecular flexibility index (Phi) is 2.93. The largest absolute Gasteiger partial charge is 0.376 e. The van der Waals surface area contributed by atoms with Crippen molar-refractivity contribution < 1.29 is 0 Å². The Bertz CT molecular complexity index is 688. The summed E-state index contributed by atoms with van der Waals surface area (Å²) in [6.07, 6.45) is 2.02. The second-order valence-corrected chi connectivity index (χ2v) is 4.95. The van der Waals surface area contributed by atoms with Gasteiger partial charge in [-0.1, -0.05) is 11.6 Å². The number of hydrogen-bond donors (Lipinski definition) is 1. The summed E-state index contributed by atoms with van der Waals surface area (Å²) in [4.78, 5) is 0. The van der Waals surface area contributed by atoms with Gasteiger partial charge < -0.3 is 9.88 Å². The number of nitrogens with one attached hydrogen (secondary N) is 1. The van der Waals surface area contributed by atoms with Gasteiger partial charge in [0, 0.05) is 18.9 Å². The highest BCUT2D eigenvalue weighted by atomic mass is 35.5. The summed E-state index contributed by atoms with van der Waals surface area (Å²) in [5, 5.41) is 4.01. The number of nitrogens with zero attached hydrogens (tertiary/aromatic N) is 3. The van der Waals surface area contributed by atoms with Crippen LogP contribution in [0.5, 0.6) is 0 Å². The summed E-state index contributed by atoms with van der Waals surface area (Å²) >= 11 is 7.41. The van der Waals surface area contributed by atoms with Crippen molar-refractivity contribution >= 4 is 40.0 Å². The molecule has 0 aliphatic carbocycles. The molecule has 3 aromatic rings. The first kappa shape index (κ1) is 11.5. The van der Waals surface area contributed by atoms with Gasteiger partial charge in [-0.05, 0) is 24.3 Å². The number of aromatic nitrogens is 3. The summed E-state index contributed by atoms with van der Waals surface area (Å²) < 4.78 is 10.6. The van der Waals surface area contributed by atoms with Crippen molar-refractivity contribution in [3.63, 3.8) is 0 Å². The maximum atomic E-state index is 6.21. The Morgan fingerprint density at radius 3 is 3.00 bits per heavy atom. The molecule has 6 heteroatoms. The predicted octanol–water partition coefficient (Wildman–Crippen LogP) is 3.30. The molecule has 0 saturated heterocycles. The number of rotatable bonds is 3. The van der Waals surface area contributed by atoms with Crippen LogP contribution in [0.3, 0.4) is 0 Å². The van der Waals surface area contributed by atoms with Gasteiger partial charge in [0.1, 0.15) is 11.0 Å². The molecule has 0 bridgehead atoms. The minimum Gasteiger partial charge on any atom is -0.376 e. The maximum Gasteiger partial charge on any atom is 0.129 e. The third-order valence-corrected chi connectivity index (χ3v) is 3.73. The molecular formula is C12H11ClN4S. The van der Waals surface area contributed by atoms with Crippen LogP contribution in [0.1, 0.15) is 5.69 Å². The normalized spacial score (nSPS) is 11.0. The van der Waals surface area contributed by atoms with Crippen LogP contribution < -0.4 is 5.32 Å². The van der Waals surface area contributed by atoms with Crippen LogP contribution in [0.2, 0.25) is 5.02 Å². The van der Waals surface area contributed by atoms with Crippen molar-refractivity contribution in [2.75, 3.05) is 5.32 Å². The van der Waals surface area contributed by atoms with E-state index < -0.39 is 0 Å². The van der Waals surface area contributed by atoms with E-state index in [0.717, 1.165) is 16.7 Å². The van der Waals surface area contributed by atoms with E-state index in [1.165, 1.54) is 17.4 Å². The summed E-state index contributed by atoms with van der Waals surface area (Å²) in [7, 11) is 2.02. The quantitative estimate of drug-likeness (QED) is 0.799. The van der Waals surface area contributed by atoms with E-state index in [9.17, 15) is 0 Å². The van der Waals surface area contributed by atoms with E-state index in [1.54, 1.807) is 0 Å². The zero-order valence-electron chi connectivity index (χ0n) is 9.72. The number of fused-ring (bicyclic) bond motifs is 1. The average Bonchev–Trinajstić information content (AvgIpc) is 2.97. The fraction of sp³-hybridized carbons (Fsp3) is 0.167. The molecule has 0 aliphatic heterocycles. The predicted molar refractivity (Wildman–Crippen MR) is 75.2 cm³/mol. The monoisotopic (exact) mass is 278 g/mol. The Labute approximate surface area is 114 Å². The second kappa shape index (κ2) is 4.59. The van der Waals surface area contributed by atoms with Crippen LogP contribution in [0, 0.1) is 0 Å². The molecule has 0 aliphatic rings. The minimum atomic E-state index is 0.671. The zero-order chi connectivity index (χ0) is 12.5. The molecule has 92 valence electrons. The fourth-order valence-electron chi connectivity index (χ4n) is 1.85. The van der Waals surface area contributed by atoms with Gasteiger partial charge in [-0.25, -0.2) is 0 Å². The van der Waals surface area contributed by atoms with Gasteiger partial charge in [0.15, 0.2) is 0 Å². The molecular weight excluding hydrogens is 268 g/mol. The van der Waals surface area contributed by atoms with E-state index in [-0.39, 0.29) is 0 Å². The number of hydrogen-bond acceptors (Lipinski definition) is 4. The van der Waals surface area contributed by atoms with Crippen molar-refractivity contribution in [3.05, 3.63) is 41.2 Å². The van der Waals surface area contributed by atoms with Crippen LogP contribution in [0.25, 0.3) is 11.0 Å². The van der Waals surface area contributed by atoms with E-state index >= 15 is 0 Å². The minimum absolute atomic E-state index is 0.671. The summed E-state index contributed by atoms with van der Waals surface area (Å²) in [5.74, 6) is 0. The number of benzene rings is 1. The van der Waals surface area contributed by atoms with Crippen LogP contribution >= 0.6 is 23.3 Å². The van der Waals surface area contributed by atoms with Crippen LogP contribution in [-0.2, 0) is 13.6 Å². The lowest BCUT2D eigenvalue weighted by Crippen LogP contribution is -2.04. The summed E-state index contributed by atoms with van der Waals surface area (Å²) in [6.45, 7) is 0.708. The third-order valence-electron chi connectivity index (χ3n) is 2.87. The molecule has 18 heavy (non-hydrogen) atoms. The first-order valence-corrected chi connectivity index (χ1v) is 6.61. The van der Waals surface area contributed by atoms with Gasteiger partial charge in [0.2, 0.25) is 0 Å². The van der Waals surface area contributed by atoms with Gasteiger partial charge in [-0.3, -0.25) is 0 Å². The van der Waals surface area contributed by atoms with Crippen molar-refractivity contribution in [1.29, 1.82) is 0 Å². The Morgan fingerprint density at radius 2 is 2.22 bits per heavy atom. The number of anilines is 1. The molecule has 0 atom stereocenters. The highest BCUT2D eigenvalue weighted by Crippen LogP contribution is 2.30. The highest BCUT2D eigenvalue weighted by Gasteiger charge is 2.09. The van der Waals surface area contributed by atoms with Crippen molar-refractivity contribution in [1.82, 2.24) is 13.3 Å². The highest BCUT2D eigenvalue weighted by molar-refractivity contribution is 7.00. The molecule has 2 aromatic heterocycles. The van der Waals surface area contributed by atoms with Crippen molar-refractivity contribution in [3.8, 4) is 0 Å². The SMILES string of the molecule is Cn1cccc1CNc1c(Cl)ccc2nsnc12. The van der Waals surface area contributed by atoms with Gasteiger partial charge in [0.05, 0.1) is 29.0 Å². The third kappa shape index (κ3) is 1.95. The van der Waals surface area contributed by atoms with Gasteiger partial charge in [0.25, 0.3) is 0 Å². The molecule has 4 nitrogen and oxygen atoms in total. The van der Waals surface area contributed by atoms with Gasteiger partial charge in [-0.2, -0.15) is 8.75 Å². The standard InChI is InChI=1S/C12H11ClN4S/c1-17-6-2-3-8(17)7-14-11-9(13)4-5-10-12(11)16-18-15-10/h2-6,14H,7H2,1H3. The van der Waals surface area contributed by atoms with Gasteiger partial charge in [-0.15, -0.1) is 0 Å². The molecule has 2 heterocycles. The summed E-state index contributed by atoms with van der Waals surface area (Å²) in [5.41, 5.74) is 3.75. The van der Waals surface area contributed by atoms with Crippen LogP contribution in [0.4, 0.5) is 5.69 Å². The molecule has 0 radical (unpaired) electrons. The summed E-state index contributed by atoms with van der Waals surface area (Å²) in [6, 6.07) is 7.82. The topological polar surface area (TPSA) is 42.7 Å². The molecule has 0 unspecified atom stereocenters. The number of aryl methyl sites for hydroxylation is 1.